The molecular formula is C16H21N3O. The maximum Gasteiger partial charge on any atom is 0.200 e. The van der Waals surface area contributed by atoms with Gasteiger partial charge in [-0.25, -0.2) is 4.98 Å². The summed E-state index contributed by atoms with van der Waals surface area (Å²) in [5, 5.41) is 3.50. The van der Waals surface area contributed by atoms with Gasteiger partial charge in [0.2, 0.25) is 5.95 Å². The summed E-state index contributed by atoms with van der Waals surface area (Å²) in [5.41, 5.74) is 2.15. The third-order valence-electron chi connectivity index (χ3n) is 3.92. The van der Waals surface area contributed by atoms with Gasteiger partial charge in [0.05, 0.1) is 19.0 Å². The van der Waals surface area contributed by atoms with Crippen molar-refractivity contribution in [3.05, 3.63) is 30.5 Å². The van der Waals surface area contributed by atoms with Gasteiger partial charge in [-0.2, -0.15) is 0 Å². The maximum atomic E-state index is 5.17. The summed E-state index contributed by atoms with van der Waals surface area (Å²) in [6, 6.07) is 8.57. The Morgan fingerprint density at radius 1 is 1.15 bits per heavy atom. The van der Waals surface area contributed by atoms with Crippen LogP contribution in [0.4, 0.5) is 5.95 Å². The Balaban J connectivity index is 1.68. The zero-order chi connectivity index (χ0) is 13.8. The second-order valence-electron chi connectivity index (χ2n) is 5.35. The van der Waals surface area contributed by atoms with Gasteiger partial charge in [0.15, 0.2) is 0 Å². The number of hydrogen-bond donors (Lipinski definition) is 2. The molecule has 0 aliphatic heterocycles. The molecule has 2 aromatic rings. The van der Waals surface area contributed by atoms with Gasteiger partial charge < -0.3 is 15.0 Å². The van der Waals surface area contributed by atoms with Crippen molar-refractivity contribution < 1.29 is 4.74 Å². The smallest absolute Gasteiger partial charge is 0.200 e. The molecule has 1 aliphatic carbocycles. The van der Waals surface area contributed by atoms with Crippen molar-refractivity contribution in [3.8, 4) is 17.0 Å². The Morgan fingerprint density at radius 2 is 1.90 bits per heavy atom. The first-order valence-electron chi connectivity index (χ1n) is 7.31. The van der Waals surface area contributed by atoms with Crippen LogP contribution in [0.3, 0.4) is 0 Å². The van der Waals surface area contributed by atoms with Gasteiger partial charge in [-0.05, 0) is 42.7 Å². The maximum absolute atomic E-state index is 5.17. The molecule has 4 heteroatoms. The molecule has 20 heavy (non-hydrogen) atoms. The minimum atomic E-state index is 0.568. The molecule has 0 bridgehead atoms. The van der Waals surface area contributed by atoms with E-state index in [0.717, 1.165) is 23.0 Å². The summed E-state index contributed by atoms with van der Waals surface area (Å²) < 4.78 is 5.17. The van der Waals surface area contributed by atoms with E-state index >= 15 is 0 Å². The zero-order valence-corrected chi connectivity index (χ0v) is 11.9. The van der Waals surface area contributed by atoms with Crippen LogP contribution < -0.4 is 10.1 Å². The summed E-state index contributed by atoms with van der Waals surface area (Å²) in [6.07, 6.45) is 8.39. The fraction of sp³-hybridized carbons (Fsp3) is 0.438. The first-order valence-corrected chi connectivity index (χ1v) is 7.31. The fourth-order valence-electron chi connectivity index (χ4n) is 2.75. The van der Waals surface area contributed by atoms with Crippen LogP contribution in [-0.2, 0) is 0 Å². The van der Waals surface area contributed by atoms with E-state index in [1.165, 1.54) is 32.1 Å². The minimum Gasteiger partial charge on any atom is -0.497 e. The lowest BCUT2D eigenvalue weighted by Gasteiger charge is -2.22. The molecule has 1 aromatic heterocycles. The van der Waals surface area contributed by atoms with Gasteiger partial charge in [-0.15, -0.1) is 0 Å². The average molecular weight is 271 g/mol. The molecule has 0 spiro atoms. The Kier molecular flexibility index (Phi) is 3.90. The number of imidazole rings is 1. The third kappa shape index (κ3) is 2.95. The largest absolute Gasteiger partial charge is 0.497 e. The molecule has 1 aliphatic rings. The van der Waals surface area contributed by atoms with Crippen molar-refractivity contribution in [1.82, 2.24) is 9.97 Å². The number of nitrogens with one attached hydrogen (secondary N) is 2. The molecule has 1 saturated carbocycles. The van der Waals surface area contributed by atoms with Crippen LogP contribution in [0.25, 0.3) is 11.3 Å². The standard InChI is InChI=1S/C16H21N3O/c1-20-14-9-7-12(8-10-14)15-11-17-16(19-15)18-13-5-3-2-4-6-13/h7-11,13H,2-6H2,1H3,(H2,17,18,19). The number of anilines is 1. The molecule has 2 N–H and O–H groups in total. The normalized spacial score (nSPS) is 16.1. The zero-order valence-electron chi connectivity index (χ0n) is 11.9. The number of aromatic nitrogens is 2. The van der Waals surface area contributed by atoms with E-state index in [-0.39, 0.29) is 0 Å². The molecule has 0 radical (unpaired) electrons. The van der Waals surface area contributed by atoms with Gasteiger partial charge in [-0.1, -0.05) is 19.3 Å². The van der Waals surface area contributed by atoms with Gasteiger partial charge >= 0.3 is 0 Å². The van der Waals surface area contributed by atoms with E-state index in [1.807, 2.05) is 30.5 Å². The van der Waals surface area contributed by atoms with E-state index in [0.29, 0.717) is 6.04 Å². The number of H-pyrrole nitrogens is 1. The Morgan fingerprint density at radius 3 is 2.60 bits per heavy atom. The number of aromatic amines is 1. The van der Waals surface area contributed by atoms with Crippen LogP contribution in [0.15, 0.2) is 30.5 Å². The summed E-state index contributed by atoms with van der Waals surface area (Å²) in [5.74, 6) is 1.75. The van der Waals surface area contributed by atoms with Crippen molar-refractivity contribution in [1.29, 1.82) is 0 Å². The summed E-state index contributed by atoms with van der Waals surface area (Å²) in [4.78, 5) is 7.78. The van der Waals surface area contributed by atoms with Crippen LogP contribution in [0.5, 0.6) is 5.75 Å². The molecule has 1 heterocycles. The fourth-order valence-corrected chi connectivity index (χ4v) is 2.75. The number of hydrogen-bond acceptors (Lipinski definition) is 3. The average Bonchev–Trinajstić information content (AvgIpc) is 2.97. The predicted molar refractivity (Wildman–Crippen MR) is 81.1 cm³/mol. The van der Waals surface area contributed by atoms with E-state index < -0.39 is 0 Å². The molecular weight excluding hydrogens is 250 g/mol. The first kappa shape index (κ1) is 13.0. The van der Waals surface area contributed by atoms with Gasteiger partial charge in [-0.3, -0.25) is 0 Å². The van der Waals surface area contributed by atoms with Crippen molar-refractivity contribution in [3.63, 3.8) is 0 Å². The van der Waals surface area contributed by atoms with Crippen LogP contribution in [0.1, 0.15) is 32.1 Å². The van der Waals surface area contributed by atoms with E-state index in [2.05, 4.69) is 15.3 Å². The van der Waals surface area contributed by atoms with Crippen LogP contribution >= 0.6 is 0 Å². The molecule has 4 nitrogen and oxygen atoms in total. The molecule has 106 valence electrons. The highest BCUT2D eigenvalue weighted by Crippen LogP contribution is 2.24. The molecule has 0 atom stereocenters. The molecule has 1 aromatic carbocycles. The van der Waals surface area contributed by atoms with Crippen molar-refractivity contribution in [2.75, 3.05) is 12.4 Å². The van der Waals surface area contributed by atoms with Crippen LogP contribution in [0.2, 0.25) is 0 Å². The van der Waals surface area contributed by atoms with E-state index in [4.69, 9.17) is 4.74 Å². The summed E-state index contributed by atoms with van der Waals surface area (Å²) >= 11 is 0. The van der Waals surface area contributed by atoms with Gasteiger partial charge in [0.1, 0.15) is 5.75 Å². The molecule has 0 saturated heterocycles. The highest BCUT2D eigenvalue weighted by atomic mass is 16.5. The molecule has 0 amide bonds. The van der Waals surface area contributed by atoms with Gasteiger partial charge in [0, 0.05) is 6.04 Å². The lowest BCUT2D eigenvalue weighted by Crippen LogP contribution is -2.22. The van der Waals surface area contributed by atoms with E-state index in [9.17, 15) is 0 Å². The van der Waals surface area contributed by atoms with Crippen molar-refractivity contribution in [2.24, 2.45) is 0 Å². The van der Waals surface area contributed by atoms with Crippen molar-refractivity contribution >= 4 is 5.95 Å². The lowest BCUT2D eigenvalue weighted by atomic mass is 9.96. The third-order valence-corrected chi connectivity index (χ3v) is 3.92. The highest BCUT2D eigenvalue weighted by Gasteiger charge is 2.14. The quantitative estimate of drug-likeness (QED) is 0.888. The Hall–Kier alpha value is -1.97. The molecule has 0 unspecified atom stereocenters. The monoisotopic (exact) mass is 271 g/mol. The Labute approximate surface area is 119 Å². The second kappa shape index (κ2) is 5.99. The first-order chi connectivity index (χ1) is 9.85. The minimum absolute atomic E-state index is 0.568. The molecule has 3 rings (SSSR count). The van der Waals surface area contributed by atoms with Gasteiger partial charge in [0.25, 0.3) is 0 Å². The number of rotatable bonds is 4. The number of ether oxygens (including phenoxy) is 1. The Bertz CT molecular complexity index is 541. The highest BCUT2D eigenvalue weighted by molar-refractivity contribution is 5.61. The summed E-state index contributed by atoms with van der Waals surface area (Å²) in [6.45, 7) is 0. The van der Waals surface area contributed by atoms with Crippen molar-refractivity contribution in [2.45, 2.75) is 38.1 Å². The number of benzene rings is 1. The molecule has 1 fully saturated rings. The number of methoxy groups -OCH3 is 1. The van der Waals surface area contributed by atoms with E-state index in [1.54, 1.807) is 7.11 Å². The number of nitrogens with zero attached hydrogens (tertiary/aromatic N) is 1. The lowest BCUT2D eigenvalue weighted by molar-refractivity contribution is 0.415. The van der Waals surface area contributed by atoms with Crippen LogP contribution in [-0.4, -0.2) is 23.1 Å². The summed E-state index contributed by atoms with van der Waals surface area (Å²) in [7, 11) is 1.68. The SMILES string of the molecule is COc1ccc(-c2cnc(NC3CCCCC3)[nH]2)cc1. The topological polar surface area (TPSA) is 49.9 Å². The van der Waals surface area contributed by atoms with Crippen LogP contribution in [0, 0.1) is 0 Å². The second-order valence-corrected chi connectivity index (χ2v) is 5.35. The predicted octanol–water partition coefficient (Wildman–Crippen LogP) is 3.83.